The minimum absolute atomic E-state index is 0.152. The predicted octanol–water partition coefficient (Wildman–Crippen LogP) is 1.64. The third-order valence-electron chi connectivity index (χ3n) is 3.83. The Bertz CT molecular complexity index is 988. The number of fused-ring (bicyclic) bond motifs is 1. The van der Waals surface area contributed by atoms with E-state index in [4.69, 9.17) is 5.14 Å². The van der Waals surface area contributed by atoms with Crippen LogP contribution in [0.2, 0.25) is 0 Å². The molecule has 0 atom stereocenters. The first kappa shape index (κ1) is 15.7. The van der Waals surface area contributed by atoms with Crippen molar-refractivity contribution in [3.63, 3.8) is 0 Å². The average molecular weight is 336 g/mol. The zero-order chi connectivity index (χ0) is 16.8. The van der Waals surface area contributed by atoms with E-state index in [1.54, 1.807) is 17.8 Å². The first-order valence-corrected chi connectivity index (χ1v) is 8.78. The molecular weight excluding hydrogens is 319 g/mol. The molecule has 0 aliphatic rings. The Morgan fingerprint density at radius 1 is 1.30 bits per heavy atom. The highest BCUT2D eigenvalue weighted by Gasteiger charge is 2.18. The Hall–Kier alpha value is -2.19. The number of halogens is 1. The molecule has 0 bridgehead atoms. The number of hydrogen-bond donors (Lipinski definition) is 1. The summed E-state index contributed by atoms with van der Waals surface area (Å²) in [6.45, 7) is 1.83. The van der Waals surface area contributed by atoms with E-state index in [1.165, 1.54) is 12.1 Å². The summed E-state index contributed by atoms with van der Waals surface area (Å²) in [5, 5.41) is 10.3. The molecular formula is C15H17FN4O2S. The molecule has 23 heavy (non-hydrogen) atoms. The van der Waals surface area contributed by atoms with Crippen LogP contribution in [0.4, 0.5) is 4.39 Å². The molecule has 0 saturated carbocycles. The topological polar surface area (TPSA) is 82.9 Å². The van der Waals surface area contributed by atoms with Crippen LogP contribution in [0.15, 0.2) is 30.5 Å². The molecule has 0 unspecified atom stereocenters. The SMILES string of the molecule is Cc1nn(C)c(-n2ccc3cc(F)ccc32)c1CCS(N)(=O)=O. The summed E-state index contributed by atoms with van der Waals surface area (Å²) in [6.07, 6.45) is 2.09. The molecule has 2 aromatic heterocycles. The molecule has 2 heterocycles. The third kappa shape index (κ3) is 2.99. The maximum atomic E-state index is 13.4. The van der Waals surface area contributed by atoms with Crippen LogP contribution < -0.4 is 5.14 Å². The van der Waals surface area contributed by atoms with Crippen LogP contribution in [0.25, 0.3) is 16.7 Å². The van der Waals surface area contributed by atoms with Gasteiger partial charge in [0.25, 0.3) is 0 Å². The summed E-state index contributed by atoms with van der Waals surface area (Å²) >= 11 is 0. The van der Waals surface area contributed by atoms with E-state index in [0.29, 0.717) is 0 Å². The van der Waals surface area contributed by atoms with Crippen molar-refractivity contribution in [2.24, 2.45) is 12.2 Å². The molecule has 2 N–H and O–H groups in total. The number of benzene rings is 1. The van der Waals surface area contributed by atoms with E-state index < -0.39 is 10.0 Å². The molecule has 1 aromatic carbocycles. The number of hydrogen-bond acceptors (Lipinski definition) is 3. The number of aromatic nitrogens is 3. The van der Waals surface area contributed by atoms with Gasteiger partial charge in [-0.2, -0.15) is 5.10 Å². The maximum absolute atomic E-state index is 13.4. The normalized spacial score (nSPS) is 12.2. The second kappa shape index (κ2) is 5.47. The van der Waals surface area contributed by atoms with Crippen LogP contribution in [0.3, 0.4) is 0 Å². The number of nitrogens with zero attached hydrogens (tertiary/aromatic N) is 3. The van der Waals surface area contributed by atoms with Gasteiger partial charge in [0.05, 0.1) is 17.0 Å². The fourth-order valence-electron chi connectivity index (χ4n) is 2.83. The van der Waals surface area contributed by atoms with Gasteiger partial charge in [-0.05, 0) is 37.6 Å². The fourth-order valence-corrected chi connectivity index (χ4v) is 3.31. The Balaban J connectivity index is 2.15. The molecule has 0 amide bonds. The Kier molecular flexibility index (Phi) is 3.73. The Morgan fingerprint density at radius 2 is 2.04 bits per heavy atom. The van der Waals surface area contributed by atoms with Crippen molar-refractivity contribution in [2.45, 2.75) is 13.3 Å². The Morgan fingerprint density at radius 3 is 2.74 bits per heavy atom. The van der Waals surface area contributed by atoms with Crippen LogP contribution in [0, 0.1) is 12.7 Å². The monoisotopic (exact) mass is 336 g/mol. The van der Waals surface area contributed by atoms with Crippen molar-refractivity contribution in [1.29, 1.82) is 0 Å². The number of rotatable bonds is 4. The van der Waals surface area contributed by atoms with E-state index in [0.717, 1.165) is 28.0 Å². The molecule has 3 aromatic rings. The van der Waals surface area contributed by atoms with Gasteiger partial charge in [-0.3, -0.25) is 4.68 Å². The van der Waals surface area contributed by atoms with Gasteiger partial charge < -0.3 is 4.57 Å². The number of aryl methyl sites for hydroxylation is 2. The van der Waals surface area contributed by atoms with Crippen molar-refractivity contribution in [2.75, 3.05) is 5.75 Å². The third-order valence-corrected chi connectivity index (χ3v) is 4.60. The number of sulfonamides is 1. The zero-order valence-corrected chi connectivity index (χ0v) is 13.6. The highest BCUT2D eigenvalue weighted by atomic mass is 32.2. The molecule has 0 saturated heterocycles. The van der Waals surface area contributed by atoms with Crippen LogP contribution in [-0.2, 0) is 23.5 Å². The molecule has 0 aliphatic heterocycles. The van der Waals surface area contributed by atoms with Gasteiger partial charge in [-0.15, -0.1) is 0 Å². The van der Waals surface area contributed by atoms with Crippen molar-refractivity contribution >= 4 is 20.9 Å². The van der Waals surface area contributed by atoms with E-state index in [-0.39, 0.29) is 18.0 Å². The van der Waals surface area contributed by atoms with Gasteiger partial charge in [0.2, 0.25) is 10.0 Å². The lowest BCUT2D eigenvalue weighted by Crippen LogP contribution is -2.18. The van der Waals surface area contributed by atoms with Crippen LogP contribution >= 0.6 is 0 Å². The minimum atomic E-state index is -3.56. The average Bonchev–Trinajstić information content (AvgIpc) is 2.95. The molecule has 8 heteroatoms. The van der Waals surface area contributed by atoms with Crippen molar-refractivity contribution < 1.29 is 12.8 Å². The van der Waals surface area contributed by atoms with E-state index >= 15 is 0 Å². The summed E-state index contributed by atoms with van der Waals surface area (Å²) in [4.78, 5) is 0. The highest BCUT2D eigenvalue weighted by molar-refractivity contribution is 7.89. The van der Waals surface area contributed by atoms with Crippen molar-refractivity contribution in [1.82, 2.24) is 14.3 Å². The summed E-state index contributed by atoms with van der Waals surface area (Å²) in [6, 6.07) is 6.35. The fraction of sp³-hybridized carbons (Fsp3) is 0.267. The van der Waals surface area contributed by atoms with Crippen LogP contribution in [0.1, 0.15) is 11.3 Å². The summed E-state index contributed by atoms with van der Waals surface area (Å²) in [7, 11) is -1.77. The van der Waals surface area contributed by atoms with Gasteiger partial charge in [-0.1, -0.05) is 0 Å². The molecule has 6 nitrogen and oxygen atoms in total. The maximum Gasteiger partial charge on any atom is 0.209 e. The molecule has 3 rings (SSSR count). The van der Waals surface area contributed by atoms with Gasteiger partial charge >= 0.3 is 0 Å². The molecule has 0 aliphatic carbocycles. The standard InChI is InChI=1S/C15H17FN4O2S/c1-10-13(6-8-23(17,21)22)15(19(2)18-10)20-7-5-11-9-12(16)3-4-14(11)20/h3-5,7,9H,6,8H2,1-2H3,(H2,17,21,22). The molecule has 122 valence electrons. The predicted molar refractivity (Wildman–Crippen MR) is 86.4 cm³/mol. The first-order valence-electron chi connectivity index (χ1n) is 7.06. The second-order valence-electron chi connectivity index (χ2n) is 5.52. The second-order valence-corrected chi connectivity index (χ2v) is 7.25. The van der Waals surface area contributed by atoms with Gasteiger partial charge in [0.1, 0.15) is 11.6 Å². The van der Waals surface area contributed by atoms with Crippen molar-refractivity contribution in [3.05, 3.63) is 47.5 Å². The smallest absolute Gasteiger partial charge is 0.209 e. The van der Waals surface area contributed by atoms with Crippen LogP contribution in [-0.4, -0.2) is 28.5 Å². The summed E-state index contributed by atoms with van der Waals surface area (Å²) < 4.78 is 39.5. The Labute approximate surface area is 133 Å². The summed E-state index contributed by atoms with van der Waals surface area (Å²) in [5.74, 6) is 0.305. The van der Waals surface area contributed by atoms with Crippen molar-refractivity contribution in [3.8, 4) is 5.82 Å². The quantitative estimate of drug-likeness (QED) is 0.786. The minimum Gasteiger partial charge on any atom is -0.301 e. The molecule has 0 fully saturated rings. The number of nitrogens with two attached hydrogens (primary N) is 1. The lowest BCUT2D eigenvalue weighted by molar-refractivity contribution is 0.597. The van der Waals surface area contributed by atoms with Crippen LogP contribution in [0.5, 0.6) is 0 Å². The lowest BCUT2D eigenvalue weighted by atomic mass is 10.2. The van der Waals surface area contributed by atoms with E-state index in [1.807, 2.05) is 23.8 Å². The van der Waals surface area contributed by atoms with E-state index in [2.05, 4.69) is 5.10 Å². The molecule has 0 radical (unpaired) electrons. The van der Waals surface area contributed by atoms with Gasteiger partial charge in [0, 0.05) is 24.2 Å². The molecule has 0 spiro atoms. The highest BCUT2D eigenvalue weighted by Crippen LogP contribution is 2.25. The number of primary sulfonamides is 1. The van der Waals surface area contributed by atoms with Gasteiger partial charge in [0.15, 0.2) is 0 Å². The first-order chi connectivity index (χ1) is 10.8. The largest absolute Gasteiger partial charge is 0.301 e. The lowest BCUT2D eigenvalue weighted by Gasteiger charge is -2.09. The van der Waals surface area contributed by atoms with Gasteiger partial charge in [-0.25, -0.2) is 17.9 Å². The zero-order valence-electron chi connectivity index (χ0n) is 12.8. The van der Waals surface area contributed by atoms with E-state index in [9.17, 15) is 12.8 Å². The summed E-state index contributed by atoms with van der Waals surface area (Å²) in [5.41, 5.74) is 2.38.